The topological polar surface area (TPSA) is 113 Å². The Hall–Kier alpha value is -1.20. The summed E-state index contributed by atoms with van der Waals surface area (Å²) in [5.41, 5.74) is 6.73. The largest absolute Gasteiger partial charge is 0.550 e. The molecule has 0 aromatic carbocycles. The van der Waals surface area contributed by atoms with E-state index >= 15 is 0 Å². The molecule has 0 radical (unpaired) electrons. The number of hydrogen-bond acceptors (Lipinski definition) is 6. The van der Waals surface area contributed by atoms with Gasteiger partial charge in [-0.15, -0.1) is 0 Å². The van der Waals surface area contributed by atoms with Crippen molar-refractivity contribution in [3.8, 4) is 6.07 Å². The standard InChI is InChI=1S/C22H33N3O4/c23-10-17-15(12-1-3-13(4-2-12)22(26)27)8-18-16-9-20-19(28-11-29-20)7-14(16)5-6-25(18)21(17)24/h12-21H,1-9,11,24H2,(H,26,27). The average molecular weight is 404 g/mol. The first-order valence-corrected chi connectivity index (χ1v) is 11.5. The SMILES string of the molecule is N#CC1C(C2CCC(C(=O)[O-])CC2)CC2C3CC4OCOC4CC3CC[NH+]2C1N. The van der Waals surface area contributed by atoms with E-state index in [2.05, 4.69) is 6.07 Å². The summed E-state index contributed by atoms with van der Waals surface area (Å²) in [5, 5.41) is 21.2. The van der Waals surface area contributed by atoms with Crippen LogP contribution in [0.3, 0.4) is 0 Å². The van der Waals surface area contributed by atoms with Gasteiger partial charge in [-0.05, 0) is 68.6 Å². The summed E-state index contributed by atoms with van der Waals surface area (Å²) in [5.74, 6) is 0.586. The van der Waals surface area contributed by atoms with Crippen LogP contribution in [-0.4, -0.2) is 43.7 Å². The number of nitrogens with one attached hydrogen (secondary N) is 1. The highest BCUT2D eigenvalue weighted by molar-refractivity contribution is 5.67. The third-order valence-electron chi connectivity index (χ3n) is 9.08. The zero-order valence-electron chi connectivity index (χ0n) is 17.0. The second-order valence-electron chi connectivity index (χ2n) is 10.2. The second kappa shape index (κ2) is 7.81. The molecule has 5 aliphatic rings. The van der Waals surface area contributed by atoms with Crippen LogP contribution in [0.5, 0.6) is 0 Å². The second-order valence-corrected chi connectivity index (χ2v) is 10.2. The number of carbonyl (C=O) groups excluding carboxylic acids is 1. The van der Waals surface area contributed by atoms with Gasteiger partial charge in [0.05, 0.1) is 30.9 Å². The minimum Gasteiger partial charge on any atom is -0.550 e. The number of nitrogens with two attached hydrogens (primary N) is 1. The fraction of sp³-hybridized carbons (Fsp3) is 0.909. The third kappa shape index (κ3) is 3.38. The number of quaternary nitrogens is 1. The van der Waals surface area contributed by atoms with Crippen LogP contribution in [-0.2, 0) is 14.3 Å². The number of carbonyl (C=O) groups is 1. The van der Waals surface area contributed by atoms with Crippen LogP contribution in [0.15, 0.2) is 0 Å². The number of aliphatic carboxylic acids is 1. The predicted molar refractivity (Wildman–Crippen MR) is 101 cm³/mol. The van der Waals surface area contributed by atoms with Crippen molar-refractivity contribution in [3.05, 3.63) is 0 Å². The summed E-state index contributed by atoms with van der Waals surface area (Å²) < 4.78 is 11.6. The molecule has 3 N–H and O–H groups in total. The Morgan fingerprint density at radius 2 is 1.72 bits per heavy atom. The van der Waals surface area contributed by atoms with E-state index < -0.39 is 5.97 Å². The van der Waals surface area contributed by atoms with E-state index in [4.69, 9.17) is 15.2 Å². The molecule has 3 saturated heterocycles. The van der Waals surface area contributed by atoms with Crippen molar-refractivity contribution in [2.45, 2.75) is 75.8 Å². The van der Waals surface area contributed by atoms with E-state index in [-0.39, 0.29) is 36.1 Å². The van der Waals surface area contributed by atoms with E-state index in [1.54, 1.807) is 0 Å². The Morgan fingerprint density at radius 1 is 1.00 bits per heavy atom. The Labute approximate surface area is 172 Å². The maximum absolute atomic E-state index is 11.2. The molecule has 3 aliphatic heterocycles. The zero-order valence-corrected chi connectivity index (χ0v) is 17.0. The van der Waals surface area contributed by atoms with Gasteiger partial charge in [0, 0.05) is 18.3 Å². The Kier molecular flexibility index (Phi) is 5.32. The van der Waals surface area contributed by atoms with Crippen LogP contribution in [0, 0.1) is 46.8 Å². The van der Waals surface area contributed by atoms with Crippen molar-refractivity contribution >= 4 is 5.97 Å². The fourth-order valence-electron chi connectivity index (χ4n) is 7.56. The highest BCUT2D eigenvalue weighted by Gasteiger charge is 2.56. The van der Waals surface area contributed by atoms with Crippen molar-refractivity contribution in [1.82, 2.24) is 0 Å². The van der Waals surface area contributed by atoms with Gasteiger partial charge in [-0.25, -0.2) is 0 Å². The lowest BCUT2D eigenvalue weighted by atomic mass is 9.61. The quantitative estimate of drug-likeness (QED) is 0.637. The number of carboxylic acid groups (broad SMARTS) is 1. The number of nitrogens with zero attached hydrogens (tertiary/aromatic N) is 1. The lowest BCUT2D eigenvalue weighted by Gasteiger charge is -2.54. The summed E-state index contributed by atoms with van der Waals surface area (Å²) in [6.45, 7) is 1.48. The fourth-order valence-corrected chi connectivity index (χ4v) is 7.56. The molecule has 0 spiro atoms. The lowest BCUT2D eigenvalue weighted by Crippen LogP contribution is -3.24. The highest BCUT2D eigenvalue weighted by atomic mass is 16.7. The maximum Gasteiger partial charge on any atom is 0.155 e. The van der Waals surface area contributed by atoms with Crippen LogP contribution in [0.1, 0.15) is 51.4 Å². The van der Waals surface area contributed by atoms with Gasteiger partial charge in [0.1, 0.15) is 12.7 Å². The van der Waals surface area contributed by atoms with E-state index in [0.717, 1.165) is 45.1 Å². The maximum atomic E-state index is 11.2. The Bertz CT molecular complexity index is 673. The average Bonchev–Trinajstić information content (AvgIpc) is 3.19. The summed E-state index contributed by atoms with van der Waals surface area (Å²) in [7, 11) is 0. The van der Waals surface area contributed by atoms with Gasteiger partial charge >= 0.3 is 0 Å². The van der Waals surface area contributed by atoms with Gasteiger partial charge in [-0.2, -0.15) is 5.26 Å². The normalized spacial score (nSPS) is 51.9. The molecular weight excluding hydrogens is 370 g/mol. The third-order valence-corrected chi connectivity index (χ3v) is 9.08. The molecule has 2 aliphatic carbocycles. The molecule has 9 unspecified atom stereocenters. The Balaban J connectivity index is 1.34. The number of carboxylic acids is 1. The highest BCUT2D eigenvalue weighted by Crippen LogP contribution is 2.46. The zero-order chi connectivity index (χ0) is 20.1. The van der Waals surface area contributed by atoms with Gasteiger partial charge < -0.3 is 24.3 Å². The van der Waals surface area contributed by atoms with Crippen LogP contribution >= 0.6 is 0 Å². The molecule has 5 fully saturated rings. The Morgan fingerprint density at radius 3 is 2.41 bits per heavy atom. The molecule has 5 rings (SSSR count). The van der Waals surface area contributed by atoms with Gasteiger partial charge in [-0.3, -0.25) is 5.73 Å². The minimum absolute atomic E-state index is 0.135. The predicted octanol–water partition coefficient (Wildman–Crippen LogP) is -0.588. The van der Waals surface area contributed by atoms with Gasteiger partial charge in [-0.1, -0.05) is 0 Å². The molecule has 0 aromatic rings. The van der Waals surface area contributed by atoms with Gasteiger partial charge in [0.2, 0.25) is 0 Å². The molecule has 0 amide bonds. The first kappa shape index (κ1) is 19.7. The number of rotatable bonds is 2. The molecule has 29 heavy (non-hydrogen) atoms. The molecule has 0 aromatic heterocycles. The van der Waals surface area contributed by atoms with Crippen molar-refractivity contribution in [2.24, 2.45) is 41.2 Å². The van der Waals surface area contributed by atoms with Crippen molar-refractivity contribution in [1.29, 1.82) is 5.26 Å². The van der Waals surface area contributed by atoms with Crippen LogP contribution in [0.2, 0.25) is 0 Å². The summed E-state index contributed by atoms with van der Waals surface area (Å²) in [6, 6.07) is 3.05. The van der Waals surface area contributed by atoms with Crippen LogP contribution in [0.4, 0.5) is 0 Å². The molecule has 3 heterocycles. The van der Waals surface area contributed by atoms with E-state index in [0.29, 0.717) is 43.4 Å². The monoisotopic (exact) mass is 403 g/mol. The first-order chi connectivity index (χ1) is 14.1. The number of ether oxygens (including phenoxy) is 2. The minimum atomic E-state index is -0.915. The van der Waals surface area contributed by atoms with E-state index in [1.165, 1.54) is 4.90 Å². The lowest BCUT2D eigenvalue weighted by molar-refractivity contribution is -0.970. The molecule has 7 heteroatoms. The van der Waals surface area contributed by atoms with Gasteiger partial charge in [0.15, 0.2) is 6.17 Å². The molecule has 160 valence electrons. The summed E-state index contributed by atoms with van der Waals surface area (Å²) in [4.78, 5) is 12.7. The number of nitriles is 1. The van der Waals surface area contributed by atoms with Crippen LogP contribution < -0.4 is 15.7 Å². The van der Waals surface area contributed by atoms with Gasteiger partial charge in [0.25, 0.3) is 0 Å². The summed E-state index contributed by atoms with van der Waals surface area (Å²) in [6.07, 6.45) is 7.82. The van der Waals surface area contributed by atoms with Crippen LogP contribution in [0.25, 0.3) is 0 Å². The van der Waals surface area contributed by atoms with E-state index in [9.17, 15) is 15.2 Å². The molecule has 2 saturated carbocycles. The molecule has 9 atom stereocenters. The first-order valence-electron chi connectivity index (χ1n) is 11.5. The van der Waals surface area contributed by atoms with Crippen molar-refractivity contribution in [2.75, 3.05) is 13.3 Å². The van der Waals surface area contributed by atoms with Crippen molar-refractivity contribution < 1.29 is 24.3 Å². The van der Waals surface area contributed by atoms with E-state index in [1.807, 2.05) is 0 Å². The van der Waals surface area contributed by atoms with Crippen molar-refractivity contribution in [3.63, 3.8) is 0 Å². The number of fused-ring (bicyclic) bond motifs is 4. The molecule has 0 bridgehead atoms. The smallest absolute Gasteiger partial charge is 0.155 e. The summed E-state index contributed by atoms with van der Waals surface area (Å²) >= 11 is 0. The number of hydrogen-bond donors (Lipinski definition) is 2. The number of piperidine rings is 2. The molecule has 7 nitrogen and oxygen atoms in total. The molecular formula is C22H33N3O4.